The fourth-order valence-corrected chi connectivity index (χ4v) is 12.1. The van der Waals surface area contributed by atoms with Gasteiger partial charge in [-0.25, -0.2) is 4.79 Å². The van der Waals surface area contributed by atoms with E-state index in [2.05, 4.69) is 75.4 Å². The molecule has 5 rings (SSSR count). The van der Waals surface area contributed by atoms with Gasteiger partial charge in [-0.1, -0.05) is 130 Å². The van der Waals surface area contributed by atoms with Crippen LogP contribution in [0.4, 0.5) is 0 Å². The Balaban J connectivity index is 1.52. The van der Waals surface area contributed by atoms with Crippen molar-refractivity contribution in [2.75, 3.05) is 13.7 Å². The Morgan fingerprint density at radius 2 is 1.21 bits per heavy atom. The lowest BCUT2D eigenvalue weighted by atomic mass is 9.82. The third-order valence-electron chi connectivity index (χ3n) is 8.46. The number of ether oxygens (including phenoxy) is 1. The Bertz CT molecular complexity index is 1640. The van der Waals surface area contributed by atoms with Crippen LogP contribution in [-0.2, 0) is 23.0 Å². The molecule has 0 saturated heterocycles. The van der Waals surface area contributed by atoms with Gasteiger partial charge in [0.05, 0.1) is 13.2 Å². The molecule has 0 amide bonds. The quantitative estimate of drug-likeness (QED) is 0.0350. The molecule has 4 aromatic rings. The zero-order valence-electron chi connectivity index (χ0n) is 27.9. The minimum absolute atomic E-state index is 0.130. The van der Waals surface area contributed by atoms with Crippen molar-refractivity contribution < 1.29 is 32.1 Å². The minimum Gasteiger partial charge on any atom is -0.466 e. The van der Waals surface area contributed by atoms with Crippen molar-refractivity contribution in [1.82, 2.24) is 0 Å². The number of carbonyl (C=O) groups excluding carboxylic acids is 1. The molecule has 48 heavy (non-hydrogen) atoms. The number of allylic oxidation sites excluding steroid dienone is 3. The van der Waals surface area contributed by atoms with Crippen molar-refractivity contribution in [2.24, 2.45) is 11.8 Å². The van der Waals surface area contributed by atoms with Crippen LogP contribution in [0.25, 0.3) is 0 Å². The standard InChI is InChI=1S/C39H43O7PSi/c1-39(2,3)48(34-24-13-7-14-25-34,35-26-15-8-16-27-35)43-30-31-19-17-18-28-36(31)37(29-38(40)42-4)46-47(41,44-32-20-9-5-10-21-32)45-33-22-11-6-12-23-33/h5-18,20-27,29,31,36H,19,28,30H2,1-4H3/b37-29+/t31-,36-/m1/s1. The molecule has 0 aliphatic heterocycles. The number of hydrogen-bond donors (Lipinski definition) is 0. The molecule has 2 atom stereocenters. The molecular weight excluding hydrogens is 639 g/mol. The second-order valence-corrected chi connectivity index (χ2v) is 18.4. The summed E-state index contributed by atoms with van der Waals surface area (Å²) in [5.74, 6) is -0.419. The number of methoxy groups -OCH3 is 1. The van der Waals surface area contributed by atoms with Crippen molar-refractivity contribution in [2.45, 2.75) is 38.7 Å². The van der Waals surface area contributed by atoms with Gasteiger partial charge in [-0.15, -0.1) is 0 Å². The van der Waals surface area contributed by atoms with Crippen LogP contribution >= 0.6 is 7.82 Å². The molecule has 0 N–H and O–H groups in total. The highest BCUT2D eigenvalue weighted by atomic mass is 31.2. The first-order valence-electron chi connectivity index (χ1n) is 16.1. The van der Waals surface area contributed by atoms with Crippen LogP contribution in [0.15, 0.2) is 145 Å². The smallest absolute Gasteiger partial charge is 0.466 e. The molecule has 7 nitrogen and oxygen atoms in total. The summed E-state index contributed by atoms with van der Waals surface area (Å²) < 4.78 is 44.9. The van der Waals surface area contributed by atoms with E-state index in [1.165, 1.54) is 23.6 Å². The van der Waals surface area contributed by atoms with Crippen LogP contribution < -0.4 is 19.4 Å². The normalized spacial score (nSPS) is 17.0. The topological polar surface area (TPSA) is 80.3 Å². The van der Waals surface area contributed by atoms with Crippen LogP contribution in [0.3, 0.4) is 0 Å². The van der Waals surface area contributed by atoms with E-state index in [9.17, 15) is 9.36 Å². The highest BCUT2D eigenvalue weighted by molar-refractivity contribution is 7.49. The predicted octanol–water partition coefficient (Wildman–Crippen LogP) is 8.49. The van der Waals surface area contributed by atoms with E-state index in [-0.39, 0.29) is 22.6 Å². The van der Waals surface area contributed by atoms with Crippen molar-refractivity contribution >= 4 is 32.5 Å². The van der Waals surface area contributed by atoms with Crippen LogP contribution in [-0.4, -0.2) is 28.0 Å². The van der Waals surface area contributed by atoms with Crippen molar-refractivity contribution in [3.05, 3.63) is 145 Å². The predicted molar refractivity (Wildman–Crippen MR) is 192 cm³/mol. The molecule has 0 aromatic heterocycles. The Morgan fingerprint density at radius 3 is 1.67 bits per heavy atom. The minimum atomic E-state index is -4.39. The zero-order chi connectivity index (χ0) is 34.0. The Hall–Kier alpha value is -4.36. The number of benzene rings is 4. The van der Waals surface area contributed by atoms with Gasteiger partial charge in [-0.3, -0.25) is 0 Å². The maximum Gasteiger partial charge on any atom is 0.646 e. The van der Waals surface area contributed by atoms with E-state index in [0.717, 1.165) is 0 Å². The van der Waals surface area contributed by atoms with E-state index in [0.29, 0.717) is 30.9 Å². The summed E-state index contributed by atoms with van der Waals surface area (Å²) in [7, 11) is -5.96. The van der Waals surface area contributed by atoms with Gasteiger partial charge in [0.25, 0.3) is 8.32 Å². The average Bonchev–Trinajstić information content (AvgIpc) is 3.09. The first kappa shape index (κ1) is 35.0. The molecule has 0 bridgehead atoms. The summed E-state index contributed by atoms with van der Waals surface area (Å²) in [5.41, 5.74) is 0. The summed E-state index contributed by atoms with van der Waals surface area (Å²) in [6.07, 6.45) is 6.59. The first-order valence-corrected chi connectivity index (χ1v) is 19.5. The second kappa shape index (κ2) is 15.7. The van der Waals surface area contributed by atoms with E-state index in [1.54, 1.807) is 48.5 Å². The molecule has 0 unspecified atom stereocenters. The lowest BCUT2D eigenvalue weighted by molar-refractivity contribution is -0.135. The summed E-state index contributed by atoms with van der Waals surface area (Å²) in [5, 5.41) is 2.12. The Labute approximate surface area is 284 Å². The van der Waals surface area contributed by atoms with E-state index >= 15 is 0 Å². The van der Waals surface area contributed by atoms with Crippen molar-refractivity contribution in [3.8, 4) is 11.5 Å². The number of para-hydroxylation sites is 2. The van der Waals surface area contributed by atoms with Gasteiger partial charge in [0.1, 0.15) is 17.3 Å². The molecule has 0 fully saturated rings. The third kappa shape index (κ3) is 8.37. The van der Waals surface area contributed by atoms with Gasteiger partial charge in [0, 0.05) is 12.5 Å². The first-order chi connectivity index (χ1) is 23.1. The number of phosphoric ester groups is 1. The van der Waals surface area contributed by atoms with Crippen LogP contribution in [0.5, 0.6) is 11.5 Å². The molecule has 0 heterocycles. The zero-order valence-corrected chi connectivity index (χ0v) is 29.8. The number of rotatable bonds is 13. The second-order valence-electron chi connectivity index (χ2n) is 12.7. The molecule has 250 valence electrons. The molecule has 9 heteroatoms. The molecule has 0 saturated carbocycles. The van der Waals surface area contributed by atoms with Crippen LogP contribution in [0, 0.1) is 11.8 Å². The Morgan fingerprint density at radius 1 is 0.750 bits per heavy atom. The van der Waals surface area contributed by atoms with Gasteiger partial charge < -0.3 is 22.7 Å². The van der Waals surface area contributed by atoms with Crippen molar-refractivity contribution in [1.29, 1.82) is 0 Å². The highest BCUT2D eigenvalue weighted by Gasteiger charge is 2.51. The summed E-state index contributed by atoms with van der Waals surface area (Å²) in [6.45, 7) is 7.08. The van der Waals surface area contributed by atoms with Gasteiger partial charge in [-0.05, 0) is 58.4 Å². The summed E-state index contributed by atoms with van der Waals surface area (Å²) in [4.78, 5) is 12.8. The number of esters is 1. The fraction of sp³-hybridized carbons (Fsp3) is 0.256. The summed E-state index contributed by atoms with van der Waals surface area (Å²) >= 11 is 0. The van der Waals surface area contributed by atoms with Gasteiger partial charge in [0.15, 0.2) is 0 Å². The molecule has 1 aliphatic carbocycles. The SMILES string of the molecule is COC(=O)/C=C(/OP(=O)(Oc1ccccc1)Oc1ccccc1)[C@@H]1CC=CC[C@@H]1CO[Si](c1ccccc1)(c1ccccc1)C(C)(C)C. The highest BCUT2D eigenvalue weighted by Crippen LogP contribution is 2.53. The monoisotopic (exact) mass is 682 g/mol. The van der Waals surface area contributed by atoms with E-state index < -0.39 is 22.1 Å². The number of phosphoric acid groups is 1. The Kier molecular flexibility index (Phi) is 11.4. The molecule has 0 spiro atoms. The third-order valence-corrected chi connectivity index (χ3v) is 14.8. The van der Waals surface area contributed by atoms with Gasteiger partial charge >= 0.3 is 13.8 Å². The van der Waals surface area contributed by atoms with E-state index in [1.807, 2.05) is 30.3 Å². The van der Waals surface area contributed by atoms with Crippen LogP contribution in [0.1, 0.15) is 33.6 Å². The molecular formula is C39H43O7PSi. The lowest BCUT2D eigenvalue weighted by Gasteiger charge is -2.44. The molecule has 1 aliphatic rings. The number of carbonyl (C=O) groups is 1. The van der Waals surface area contributed by atoms with Crippen molar-refractivity contribution in [3.63, 3.8) is 0 Å². The molecule has 4 aromatic carbocycles. The fourth-order valence-electron chi connectivity index (χ4n) is 6.18. The van der Waals surface area contributed by atoms with E-state index in [4.69, 9.17) is 22.7 Å². The largest absolute Gasteiger partial charge is 0.646 e. The number of hydrogen-bond acceptors (Lipinski definition) is 7. The van der Waals surface area contributed by atoms with Gasteiger partial charge in [0.2, 0.25) is 0 Å². The lowest BCUT2D eigenvalue weighted by Crippen LogP contribution is -2.67. The van der Waals surface area contributed by atoms with Crippen LogP contribution in [0.2, 0.25) is 5.04 Å². The maximum absolute atomic E-state index is 14.5. The molecule has 0 radical (unpaired) electrons. The van der Waals surface area contributed by atoms with Gasteiger partial charge in [-0.2, -0.15) is 4.57 Å². The average molecular weight is 683 g/mol. The maximum atomic E-state index is 14.5. The summed E-state index contributed by atoms with van der Waals surface area (Å²) in [6, 6.07) is 38.3.